The lowest BCUT2D eigenvalue weighted by Gasteiger charge is -2.05. The first-order valence-electron chi connectivity index (χ1n) is 6.84. The number of para-hydroxylation sites is 1. The van der Waals surface area contributed by atoms with Crippen molar-refractivity contribution in [3.63, 3.8) is 0 Å². The fourth-order valence-electron chi connectivity index (χ4n) is 2.42. The molecule has 0 aliphatic rings. The lowest BCUT2D eigenvalue weighted by atomic mass is 10.2. The molecule has 0 bridgehead atoms. The van der Waals surface area contributed by atoms with E-state index in [0.717, 1.165) is 16.8 Å². The number of pyridine rings is 1. The molecule has 0 atom stereocenters. The van der Waals surface area contributed by atoms with Crippen molar-refractivity contribution in [1.29, 1.82) is 0 Å². The van der Waals surface area contributed by atoms with Gasteiger partial charge in [-0.1, -0.05) is 12.1 Å². The Morgan fingerprint density at radius 1 is 1.12 bits per heavy atom. The zero-order valence-corrected chi connectivity index (χ0v) is 11.9. The first-order chi connectivity index (χ1) is 11.4. The highest BCUT2D eigenvalue weighted by atomic mass is 19.4. The van der Waals surface area contributed by atoms with E-state index in [1.807, 2.05) is 0 Å². The molecule has 120 valence electrons. The maximum atomic E-state index is 12.8. The number of aromatic nitrogens is 5. The van der Waals surface area contributed by atoms with E-state index in [4.69, 9.17) is 0 Å². The molecule has 4 rings (SSSR count). The molecule has 0 aliphatic heterocycles. The number of halogens is 3. The minimum absolute atomic E-state index is 0.00421. The Labute approximate surface area is 131 Å². The van der Waals surface area contributed by atoms with Crippen LogP contribution >= 0.6 is 0 Å². The predicted molar refractivity (Wildman–Crippen MR) is 79.3 cm³/mol. The van der Waals surface area contributed by atoms with Crippen LogP contribution in [-0.4, -0.2) is 24.6 Å². The summed E-state index contributed by atoms with van der Waals surface area (Å²) >= 11 is 0. The van der Waals surface area contributed by atoms with Crippen LogP contribution in [0.25, 0.3) is 27.9 Å². The van der Waals surface area contributed by atoms with Gasteiger partial charge < -0.3 is 4.98 Å². The third-order valence-corrected chi connectivity index (χ3v) is 3.53. The van der Waals surface area contributed by atoms with E-state index >= 15 is 0 Å². The SMILES string of the molecule is O=c1[nH]c2ccccc2c2nc(-c3cncc(C(F)(F)F)c3)nn12. The molecule has 9 heteroatoms. The lowest BCUT2D eigenvalue weighted by Crippen LogP contribution is -2.17. The van der Waals surface area contributed by atoms with Gasteiger partial charge in [0, 0.05) is 23.3 Å². The molecular formula is C15H8F3N5O. The van der Waals surface area contributed by atoms with E-state index in [2.05, 4.69) is 20.1 Å². The second-order valence-electron chi connectivity index (χ2n) is 5.11. The van der Waals surface area contributed by atoms with Crippen LogP contribution in [0.4, 0.5) is 13.2 Å². The molecule has 1 aromatic carbocycles. The molecule has 0 saturated heterocycles. The van der Waals surface area contributed by atoms with Crippen LogP contribution in [0.5, 0.6) is 0 Å². The number of nitrogens with one attached hydrogen (secondary N) is 1. The van der Waals surface area contributed by atoms with Crippen LogP contribution in [-0.2, 0) is 6.18 Å². The molecule has 24 heavy (non-hydrogen) atoms. The van der Waals surface area contributed by atoms with E-state index in [1.165, 1.54) is 6.20 Å². The fourth-order valence-corrected chi connectivity index (χ4v) is 2.42. The summed E-state index contributed by atoms with van der Waals surface area (Å²) in [5.74, 6) is -0.00421. The van der Waals surface area contributed by atoms with E-state index in [0.29, 0.717) is 10.9 Å². The number of hydrogen-bond acceptors (Lipinski definition) is 4. The monoisotopic (exact) mass is 331 g/mol. The largest absolute Gasteiger partial charge is 0.417 e. The number of alkyl halides is 3. The molecule has 3 aromatic heterocycles. The normalized spacial score (nSPS) is 12.1. The molecule has 0 aliphatic carbocycles. The van der Waals surface area contributed by atoms with Gasteiger partial charge in [-0.3, -0.25) is 4.98 Å². The van der Waals surface area contributed by atoms with Crippen LogP contribution < -0.4 is 5.69 Å². The van der Waals surface area contributed by atoms with Crippen molar-refractivity contribution in [1.82, 2.24) is 24.6 Å². The average Bonchev–Trinajstić information content (AvgIpc) is 3.01. The first-order valence-corrected chi connectivity index (χ1v) is 6.84. The van der Waals surface area contributed by atoms with E-state index in [1.54, 1.807) is 24.3 Å². The van der Waals surface area contributed by atoms with Gasteiger partial charge in [-0.05, 0) is 18.2 Å². The van der Waals surface area contributed by atoms with Crippen molar-refractivity contribution >= 4 is 16.6 Å². The van der Waals surface area contributed by atoms with Gasteiger partial charge in [0.1, 0.15) is 0 Å². The molecule has 4 aromatic rings. The molecule has 6 nitrogen and oxygen atoms in total. The molecule has 0 saturated carbocycles. The predicted octanol–water partition coefficient (Wildman–Crippen LogP) is 2.65. The van der Waals surface area contributed by atoms with Gasteiger partial charge in [0.2, 0.25) is 0 Å². The van der Waals surface area contributed by atoms with E-state index < -0.39 is 17.4 Å². The molecule has 0 unspecified atom stereocenters. The summed E-state index contributed by atoms with van der Waals surface area (Å²) in [6.07, 6.45) is -2.58. The lowest BCUT2D eigenvalue weighted by molar-refractivity contribution is -0.137. The van der Waals surface area contributed by atoms with Crippen molar-refractivity contribution in [2.24, 2.45) is 0 Å². The summed E-state index contributed by atoms with van der Waals surface area (Å²) in [4.78, 5) is 22.5. The Bertz CT molecular complexity index is 1130. The Balaban J connectivity index is 1.98. The first kappa shape index (κ1) is 14.4. The van der Waals surface area contributed by atoms with Gasteiger partial charge >= 0.3 is 11.9 Å². The van der Waals surface area contributed by atoms with Crippen molar-refractivity contribution in [2.75, 3.05) is 0 Å². The smallest absolute Gasteiger partial charge is 0.305 e. The standard InChI is InChI=1S/C15H8F3N5O/c16-15(17,18)9-5-8(6-19-7-9)12-21-13-10-3-1-2-4-11(10)20-14(24)23(13)22-12/h1-7H,(H,20,24). The third kappa shape index (κ3) is 2.21. The summed E-state index contributed by atoms with van der Waals surface area (Å²) in [6, 6.07) is 7.86. The highest BCUT2D eigenvalue weighted by molar-refractivity contribution is 5.91. The Hall–Kier alpha value is -3.23. The number of aromatic amines is 1. The molecule has 0 radical (unpaired) electrons. The maximum absolute atomic E-state index is 12.8. The Morgan fingerprint density at radius 3 is 2.71 bits per heavy atom. The third-order valence-electron chi connectivity index (χ3n) is 3.53. The van der Waals surface area contributed by atoms with Gasteiger partial charge in [-0.25, -0.2) is 9.78 Å². The second-order valence-corrected chi connectivity index (χ2v) is 5.11. The summed E-state index contributed by atoms with van der Waals surface area (Å²) in [5.41, 5.74) is -0.519. The highest BCUT2D eigenvalue weighted by Gasteiger charge is 2.31. The van der Waals surface area contributed by atoms with Crippen molar-refractivity contribution in [3.8, 4) is 11.4 Å². The summed E-state index contributed by atoms with van der Waals surface area (Å²) in [5, 5.41) is 4.65. The fraction of sp³-hybridized carbons (Fsp3) is 0.0667. The van der Waals surface area contributed by atoms with Gasteiger partial charge in [0.25, 0.3) is 0 Å². The molecule has 1 N–H and O–H groups in total. The molecular weight excluding hydrogens is 323 g/mol. The van der Waals surface area contributed by atoms with Gasteiger partial charge in [0.05, 0.1) is 11.1 Å². The minimum Gasteiger partial charge on any atom is -0.305 e. The number of rotatable bonds is 1. The Morgan fingerprint density at radius 2 is 1.92 bits per heavy atom. The van der Waals surface area contributed by atoms with Crippen LogP contribution in [0, 0.1) is 0 Å². The number of hydrogen-bond donors (Lipinski definition) is 1. The van der Waals surface area contributed by atoms with Gasteiger partial charge in [-0.15, -0.1) is 5.10 Å². The van der Waals surface area contributed by atoms with Gasteiger partial charge in [-0.2, -0.15) is 17.7 Å². The number of nitrogens with zero attached hydrogens (tertiary/aromatic N) is 4. The van der Waals surface area contributed by atoms with Crippen LogP contribution in [0.2, 0.25) is 0 Å². The van der Waals surface area contributed by atoms with Crippen LogP contribution in [0.1, 0.15) is 5.56 Å². The quantitative estimate of drug-likeness (QED) is 0.582. The molecule has 0 amide bonds. The summed E-state index contributed by atoms with van der Waals surface area (Å²) < 4.78 is 39.5. The van der Waals surface area contributed by atoms with Crippen molar-refractivity contribution < 1.29 is 13.2 Å². The summed E-state index contributed by atoms with van der Waals surface area (Å²) in [7, 11) is 0. The number of H-pyrrole nitrogens is 1. The van der Waals surface area contributed by atoms with Crippen LogP contribution in [0.15, 0.2) is 47.5 Å². The zero-order chi connectivity index (χ0) is 16.9. The minimum atomic E-state index is -4.52. The van der Waals surface area contributed by atoms with Crippen molar-refractivity contribution in [3.05, 3.63) is 58.8 Å². The maximum Gasteiger partial charge on any atom is 0.417 e. The average molecular weight is 331 g/mol. The number of fused-ring (bicyclic) bond motifs is 3. The molecule has 0 spiro atoms. The second kappa shape index (κ2) is 4.88. The topological polar surface area (TPSA) is 75.9 Å². The van der Waals surface area contributed by atoms with E-state index in [-0.39, 0.29) is 17.0 Å². The molecule has 0 fully saturated rings. The Kier molecular flexibility index (Phi) is 2.92. The van der Waals surface area contributed by atoms with Crippen molar-refractivity contribution in [2.45, 2.75) is 6.18 Å². The number of benzene rings is 1. The summed E-state index contributed by atoms with van der Waals surface area (Å²) in [6.45, 7) is 0. The zero-order valence-electron chi connectivity index (χ0n) is 11.9. The molecule has 3 heterocycles. The van der Waals surface area contributed by atoms with E-state index in [9.17, 15) is 18.0 Å². The highest BCUT2D eigenvalue weighted by Crippen LogP contribution is 2.30. The van der Waals surface area contributed by atoms with Crippen LogP contribution in [0.3, 0.4) is 0 Å². The van der Waals surface area contributed by atoms with Gasteiger partial charge in [0.15, 0.2) is 11.5 Å².